The molecule has 1 N–H and O–H groups in total. The van der Waals surface area contributed by atoms with Crippen LogP contribution in [-0.4, -0.2) is 40.4 Å². The van der Waals surface area contributed by atoms with Gasteiger partial charge in [-0.25, -0.2) is 0 Å². The first kappa shape index (κ1) is 16.2. The summed E-state index contributed by atoms with van der Waals surface area (Å²) in [5.74, 6) is 0. The molecule has 4 heteroatoms. The maximum atomic E-state index is 4.42. The Morgan fingerprint density at radius 2 is 1.95 bits per heavy atom. The van der Waals surface area contributed by atoms with Crippen LogP contribution in [0.2, 0.25) is 0 Å². The Bertz CT molecular complexity index is 360. The molecule has 0 fully saturated rings. The maximum Gasteiger partial charge on any atom is 0.0543 e. The molecule has 1 unspecified atom stereocenters. The molecule has 0 aliphatic rings. The number of likely N-dealkylation sites (N-methyl/N-ethyl adjacent to an activating group) is 1. The molecule has 0 radical (unpaired) electrons. The molecule has 19 heavy (non-hydrogen) atoms. The molecule has 4 nitrogen and oxygen atoms in total. The van der Waals surface area contributed by atoms with Gasteiger partial charge in [0.05, 0.1) is 11.7 Å². The molecule has 0 aliphatic carbocycles. The fourth-order valence-electron chi connectivity index (χ4n) is 2.04. The highest BCUT2D eigenvalue weighted by atomic mass is 15.3. The maximum absolute atomic E-state index is 4.42. The van der Waals surface area contributed by atoms with Crippen molar-refractivity contribution in [2.24, 2.45) is 0 Å². The monoisotopic (exact) mass is 266 g/mol. The molecule has 110 valence electrons. The fourth-order valence-corrected chi connectivity index (χ4v) is 2.04. The number of hydrogen-bond donors (Lipinski definition) is 1. The molecule has 0 amide bonds. The molecular formula is C15H30N4. The predicted molar refractivity (Wildman–Crippen MR) is 81.3 cm³/mol. The lowest BCUT2D eigenvalue weighted by atomic mass is 10.1. The van der Waals surface area contributed by atoms with Crippen LogP contribution >= 0.6 is 0 Å². The van der Waals surface area contributed by atoms with E-state index in [0.717, 1.165) is 26.2 Å². The molecule has 0 bridgehead atoms. The topological polar surface area (TPSA) is 33.1 Å². The quantitative estimate of drug-likeness (QED) is 0.823. The van der Waals surface area contributed by atoms with E-state index in [1.54, 1.807) is 0 Å². The summed E-state index contributed by atoms with van der Waals surface area (Å²) in [6.45, 7) is 17.4. The smallest absolute Gasteiger partial charge is 0.0543 e. The minimum atomic E-state index is 0.0606. The molecule has 1 aromatic rings. The zero-order valence-corrected chi connectivity index (χ0v) is 13.4. The van der Waals surface area contributed by atoms with Gasteiger partial charge in [-0.15, -0.1) is 0 Å². The van der Waals surface area contributed by atoms with Gasteiger partial charge in [0.15, 0.2) is 0 Å². The van der Waals surface area contributed by atoms with Crippen molar-refractivity contribution in [3.05, 3.63) is 18.0 Å². The van der Waals surface area contributed by atoms with Crippen molar-refractivity contribution in [3.63, 3.8) is 0 Å². The normalized spacial score (nSPS) is 14.1. The Labute approximate surface area is 118 Å². The zero-order chi connectivity index (χ0) is 14.5. The van der Waals surface area contributed by atoms with Crippen LogP contribution in [0.15, 0.2) is 12.4 Å². The highest BCUT2D eigenvalue weighted by Gasteiger charge is 2.14. The van der Waals surface area contributed by atoms with Crippen LogP contribution in [-0.2, 0) is 12.1 Å². The SMILES string of the molecule is CCN(CC)CC(C)NCc1cnn(C(C)(C)C)c1. The van der Waals surface area contributed by atoms with Crippen LogP contribution in [0.3, 0.4) is 0 Å². The van der Waals surface area contributed by atoms with Crippen LogP contribution in [0.1, 0.15) is 47.1 Å². The van der Waals surface area contributed by atoms with E-state index in [1.165, 1.54) is 5.56 Å². The Morgan fingerprint density at radius 1 is 1.32 bits per heavy atom. The van der Waals surface area contributed by atoms with E-state index in [0.29, 0.717) is 6.04 Å². The summed E-state index contributed by atoms with van der Waals surface area (Å²) in [5.41, 5.74) is 1.31. The van der Waals surface area contributed by atoms with Crippen molar-refractivity contribution < 1.29 is 0 Å². The second-order valence-electron chi connectivity index (χ2n) is 6.23. The van der Waals surface area contributed by atoms with Gasteiger partial charge >= 0.3 is 0 Å². The minimum absolute atomic E-state index is 0.0606. The average Bonchev–Trinajstić information content (AvgIpc) is 2.82. The van der Waals surface area contributed by atoms with Crippen LogP contribution in [0.5, 0.6) is 0 Å². The number of nitrogens with zero attached hydrogens (tertiary/aromatic N) is 3. The van der Waals surface area contributed by atoms with Crippen LogP contribution < -0.4 is 5.32 Å². The fraction of sp³-hybridized carbons (Fsp3) is 0.800. The van der Waals surface area contributed by atoms with Gasteiger partial charge < -0.3 is 10.2 Å². The highest BCUT2D eigenvalue weighted by molar-refractivity contribution is 5.05. The second kappa shape index (κ2) is 7.06. The third-order valence-corrected chi connectivity index (χ3v) is 3.40. The second-order valence-corrected chi connectivity index (χ2v) is 6.23. The summed E-state index contributed by atoms with van der Waals surface area (Å²) in [6.07, 6.45) is 4.10. The molecule has 1 heterocycles. The molecular weight excluding hydrogens is 236 g/mol. The number of aromatic nitrogens is 2. The van der Waals surface area contributed by atoms with E-state index in [-0.39, 0.29) is 5.54 Å². The molecule has 0 aliphatic heterocycles. The lowest BCUT2D eigenvalue weighted by Crippen LogP contribution is -2.38. The summed E-state index contributed by atoms with van der Waals surface area (Å²) in [7, 11) is 0. The Balaban J connectivity index is 2.42. The zero-order valence-electron chi connectivity index (χ0n) is 13.4. The van der Waals surface area contributed by atoms with Gasteiger partial charge in [-0.05, 0) is 40.8 Å². The van der Waals surface area contributed by atoms with E-state index in [9.17, 15) is 0 Å². The van der Waals surface area contributed by atoms with Crippen LogP contribution in [0, 0.1) is 0 Å². The summed E-state index contributed by atoms with van der Waals surface area (Å²) >= 11 is 0. The Hall–Kier alpha value is -0.870. The van der Waals surface area contributed by atoms with Gasteiger partial charge in [0.2, 0.25) is 0 Å². The third kappa shape index (κ3) is 5.33. The Morgan fingerprint density at radius 3 is 2.42 bits per heavy atom. The average molecular weight is 266 g/mol. The lowest BCUT2D eigenvalue weighted by molar-refractivity contribution is 0.270. The van der Waals surface area contributed by atoms with Gasteiger partial charge in [0.25, 0.3) is 0 Å². The van der Waals surface area contributed by atoms with Crippen molar-refractivity contribution in [1.29, 1.82) is 0 Å². The van der Waals surface area contributed by atoms with E-state index in [2.05, 4.69) is 63.1 Å². The van der Waals surface area contributed by atoms with E-state index < -0.39 is 0 Å². The van der Waals surface area contributed by atoms with Crippen LogP contribution in [0.4, 0.5) is 0 Å². The molecule has 1 aromatic heterocycles. The standard InChI is InChI=1S/C15H30N4/c1-7-18(8-2)11-13(3)16-9-14-10-17-19(12-14)15(4,5)6/h10,12-13,16H,7-9,11H2,1-6H3. The lowest BCUT2D eigenvalue weighted by Gasteiger charge is -2.23. The van der Waals surface area contributed by atoms with Crippen molar-refractivity contribution in [1.82, 2.24) is 20.0 Å². The summed E-state index contributed by atoms with van der Waals surface area (Å²) in [6, 6.07) is 0.498. The van der Waals surface area contributed by atoms with Crippen molar-refractivity contribution in [2.75, 3.05) is 19.6 Å². The molecule has 1 atom stereocenters. The summed E-state index contributed by atoms with van der Waals surface area (Å²) < 4.78 is 2.03. The first-order valence-electron chi connectivity index (χ1n) is 7.36. The largest absolute Gasteiger partial charge is 0.309 e. The van der Waals surface area contributed by atoms with E-state index >= 15 is 0 Å². The molecule has 1 rings (SSSR count). The van der Waals surface area contributed by atoms with Gasteiger partial charge in [0, 0.05) is 30.9 Å². The molecule has 0 saturated carbocycles. The highest BCUT2D eigenvalue weighted by Crippen LogP contribution is 2.13. The first-order chi connectivity index (χ1) is 8.86. The minimum Gasteiger partial charge on any atom is -0.309 e. The van der Waals surface area contributed by atoms with E-state index in [1.807, 2.05) is 10.9 Å². The van der Waals surface area contributed by atoms with Gasteiger partial charge in [0.1, 0.15) is 0 Å². The molecule has 0 spiro atoms. The molecule has 0 aromatic carbocycles. The summed E-state index contributed by atoms with van der Waals surface area (Å²) in [5, 5.41) is 7.99. The van der Waals surface area contributed by atoms with Crippen molar-refractivity contribution >= 4 is 0 Å². The van der Waals surface area contributed by atoms with Crippen molar-refractivity contribution in [2.45, 2.75) is 59.7 Å². The first-order valence-corrected chi connectivity index (χ1v) is 7.36. The van der Waals surface area contributed by atoms with Gasteiger partial charge in [-0.2, -0.15) is 5.10 Å². The van der Waals surface area contributed by atoms with Gasteiger partial charge in [-0.3, -0.25) is 4.68 Å². The third-order valence-electron chi connectivity index (χ3n) is 3.40. The Kier molecular flexibility index (Phi) is 6.01. The molecule has 0 saturated heterocycles. The van der Waals surface area contributed by atoms with E-state index in [4.69, 9.17) is 0 Å². The van der Waals surface area contributed by atoms with Crippen molar-refractivity contribution in [3.8, 4) is 0 Å². The van der Waals surface area contributed by atoms with Crippen LogP contribution in [0.25, 0.3) is 0 Å². The predicted octanol–water partition coefficient (Wildman–Crippen LogP) is 2.46. The van der Waals surface area contributed by atoms with Gasteiger partial charge in [-0.1, -0.05) is 13.8 Å². The number of nitrogens with one attached hydrogen (secondary N) is 1. The number of hydrogen-bond acceptors (Lipinski definition) is 3. The number of rotatable bonds is 7. The summed E-state index contributed by atoms with van der Waals surface area (Å²) in [4.78, 5) is 2.44.